The first-order valence-corrected chi connectivity index (χ1v) is 8.21. The highest BCUT2D eigenvalue weighted by Crippen LogP contribution is 2.28. The number of hydrogen-bond donors (Lipinski definition) is 2. The molecule has 1 fully saturated rings. The van der Waals surface area contributed by atoms with Crippen LogP contribution in [0, 0.1) is 12.8 Å². The van der Waals surface area contributed by atoms with Gasteiger partial charge in [-0.25, -0.2) is 4.79 Å². The third-order valence-electron chi connectivity index (χ3n) is 3.90. The maximum atomic E-state index is 12.3. The van der Waals surface area contributed by atoms with Crippen molar-refractivity contribution in [3.63, 3.8) is 0 Å². The van der Waals surface area contributed by atoms with Crippen molar-refractivity contribution in [3.05, 3.63) is 28.2 Å². The smallest absolute Gasteiger partial charge is 0.328 e. The Morgan fingerprint density at radius 1 is 1.50 bits per heavy atom. The number of aliphatic carboxylic acids is 1. The summed E-state index contributed by atoms with van der Waals surface area (Å²) in [5.41, 5.74) is 1.71. The van der Waals surface area contributed by atoms with Crippen LogP contribution in [0.1, 0.15) is 12.0 Å². The fourth-order valence-electron chi connectivity index (χ4n) is 2.56. The van der Waals surface area contributed by atoms with E-state index in [4.69, 9.17) is 9.84 Å². The standard InChI is InChI=1S/C16H19BrN2O5/c1-9-5-11(3-4-12(9)17)19-7-10(6-14(19)20)15(21)18-13(8-24-2)16(22)23/h3-5,10,13H,6-8H2,1-2H3,(H,18,21)(H,22,23). The van der Waals surface area contributed by atoms with Gasteiger partial charge < -0.3 is 20.1 Å². The van der Waals surface area contributed by atoms with Crippen molar-refractivity contribution in [1.29, 1.82) is 0 Å². The molecule has 0 bridgehead atoms. The SMILES string of the molecule is COCC(NC(=O)C1CC(=O)N(c2ccc(Br)c(C)c2)C1)C(=O)O. The summed E-state index contributed by atoms with van der Waals surface area (Å²) in [6.07, 6.45) is 0.0558. The van der Waals surface area contributed by atoms with E-state index in [1.165, 1.54) is 7.11 Å². The van der Waals surface area contributed by atoms with Crippen LogP contribution in [-0.2, 0) is 19.1 Å². The summed E-state index contributed by atoms with van der Waals surface area (Å²) in [5, 5.41) is 11.5. The molecule has 1 aromatic rings. The minimum Gasteiger partial charge on any atom is -0.480 e. The quantitative estimate of drug-likeness (QED) is 0.753. The number of nitrogens with one attached hydrogen (secondary N) is 1. The van der Waals surface area contributed by atoms with E-state index >= 15 is 0 Å². The van der Waals surface area contributed by atoms with Crippen LogP contribution in [0.5, 0.6) is 0 Å². The van der Waals surface area contributed by atoms with Gasteiger partial charge in [-0.1, -0.05) is 15.9 Å². The molecule has 0 saturated carbocycles. The molecule has 1 aliphatic rings. The summed E-state index contributed by atoms with van der Waals surface area (Å²) in [6.45, 7) is 2.02. The van der Waals surface area contributed by atoms with Gasteiger partial charge in [0.1, 0.15) is 0 Å². The van der Waals surface area contributed by atoms with Crippen LogP contribution in [0.2, 0.25) is 0 Å². The maximum absolute atomic E-state index is 12.3. The van der Waals surface area contributed by atoms with Gasteiger partial charge in [0.05, 0.1) is 12.5 Å². The number of nitrogens with zero attached hydrogens (tertiary/aromatic N) is 1. The molecule has 0 spiro atoms. The van der Waals surface area contributed by atoms with Gasteiger partial charge >= 0.3 is 5.97 Å². The highest BCUT2D eigenvalue weighted by Gasteiger charge is 2.36. The second-order valence-electron chi connectivity index (χ2n) is 5.69. The molecule has 2 atom stereocenters. The van der Waals surface area contributed by atoms with Crippen LogP contribution in [-0.4, -0.2) is 49.2 Å². The lowest BCUT2D eigenvalue weighted by Gasteiger charge is -2.19. The fraction of sp³-hybridized carbons (Fsp3) is 0.438. The third kappa shape index (κ3) is 4.12. The predicted molar refractivity (Wildman–Crippen MR) is 90.8 cm³/mol. The van der Waals surface area contributed by atoms with Crippen LogP contribution < -0.4 is 10.2 Å². The summed E-state index contributed by atoms with van der Waals surface area (Å²) in [5.74, 6) is -2.37. The van der Waals surface area contributed by atoms with Gasteiger partial charge in [0, 0.05) is 30.2 Å². The number of rotatable bonds is 6. The lowest BCUT2D eigenvalue weighted by Crippen LogP contribution is -2.46. The zero-order valence-corrected chi connectivity index (χ0v) is 15.0. The molecule has 130 valence electrons. The van der Waals surface area contributed by atoms with Crippen molar-refractivity contribution in [2.24, 2.45) is 5.92 Å². The van der Waals surface area contributed by atoms with E-state index in [0.29, 0.717) is 0 Å². The first-order valence-electron chi connectivity index (χ1n) is 7.42. The first-order chi connectivity index (χ1) is 11.3. The minimum absolute atomic E-state index is 0.0558. The molecular weight excluding hydrogens is 380 g/mol. The van der Waals surface area contributed by atoms with Crippen LogP contribution >= 0.6 is 15.9 Å². The number of halogens is 1. The number of methoxy groups -OCH3 is 1. The van der Waals surface area contributed by atoms with E-state index < -0.39 is 23.8 Å². The van der Waals surface area contributed by atoms with Crippen molar-refractivity contribution in [1.82, 2.24) is 5.32 Å². The topological polar surface area (TPSA) is 95.9 Å². The second-order valence-corrected chi connectivity index (χ2v) is 6.55. The number of aryl methyl sites for hydroxylation is 1. The molecule has 8 heteroatoms. The molecular formula is C16H19BrN2O5. The molecule has 1 aliphatic heterocycles. The molecule has 2 N–H and O–H groups in total. The van der Waals surface area contributed by atoms with Gasteiger partial charge in [-0.15, -0.1) is 0 Å². The van der Waals surface area contributed by atoms with Crippen LogP contribution in [0.3, 0.4) is 0 Å². The molecule has 1 saturated heterocycles. The first kappa shape index (κ1) is 18.4. The van der Waals surface area contributed by atoms with E-state index in [9.17, 15) is 14.4 Å². The molecule has 0 radical (unpaired) electrons. The normalized spacial score (nSPS) is 18.5. The van der Waals surface area contributed by atoms with Crippen molar-refractivity contribution in [2.45, 2.75) is 19.4 Å². The zero-order chi connectivity index (χ0) is 17.9. The van der Waals surface area contributed by atoms with Gasteiger partial charge in [-0.3, -0.25) is 9.59 Å². The Balaban J connectivity index is 2.06. The molecule has 7 nitrogen and oxygen atoms in total. The minimum atomic E-state index is -1.17. The van der Waals surface area contributed by atoms with Crippen LogP contribution in [0.15, 0.2) is 22.7 Å². The predicted octanol–water partition coefficient (Wildman–Crippen LogP) is 1.33. The van der Waals surface area contributed by atoms with Gasteiger partial charge in [0.2, 0.25) is 11.8 Å². The summed E-state index contributed by atoms with van der Waals surface area (Å²) in [6, 6.07) is 4.40. The Kier molecular flexibility index (Phi) is 5.95. The molecule has 1 heterocycles. The number of ether oxygens (including phenoxy) is 1. The molecule has 2 unspecified atom stereocenters. The Labute approximate surface area is 148 Å². The van der Waals surface area contributed by atoms with Gasteiger partial charge in [0.25, 0.3) is 0 Å². The van der Waals surface area contributed by atoms with E-state index in [-0.39, 0.29) is 25.5 Å². The Bertz CT molecular complexity index is 664. The Morgan fingerprint density at radius 2 is 2.21 bits per heavy atom. The fourth-order valence-corrected chi connectivity index (χ4v) is 2.81. The largest absolute Gasteiger partial charge is 0.480 e. The highest BCUT2D eigenvalue weighted by atomic mass is 79.9. The van der Waals surface area contributed by atoms with Crippen LogP contribution in [0.4, 0.5) is 5.69 Å². The lowest BCUT2D eigenvalue weighted by atomic mass is 10.1. The van der Waals surface area contributed by atoms with E-state index in [0.717, 1.165) is 15.7 Å². The number of carboxylic acid groups (broad SMARTS) is 1. The second kappa shape index (κ2) is 7.76. The average molecular weight is 399 g/mol. The molecule has 0 aliphatic carbocycles. The Hall–Kier alpha value is -1.93. The molecule has 2 rings (SSSR count). The number of carboxylic acids is 1. The van der Waals surface area contributed by atoms with Gasteiger partial charge in [-0.2, -0.15) is 0 Å². The molecule has 2 amide bonds. The lowest BCUT2D eigenvalue weighted by molar-refractivity contribution is -0.143. The Morgan fingerprint density at radius 3 is 2.79 bits per heavy atom. The molecule has 1 aromatic carbocycles. The summed E-state index contributed by atoms with van der Waals surface area (Å²) in [4.78, 5) is 37.1. The van der Waals surface area contributed by atoms with E-state index in [2.05, 4.69) is 21.2 Å². The average Bonchev–Trinajstić information content (AvgIpc) is 2.91. The number of hydrogen-bond acceptors (Lipinski definition) is 4. The number of anilines is 1. The summed E-state index contributed by atoms with van der Waals surface area (Å²) >= 11 is 3.41. The van der Waals surface area contributed by atoms with E-state index in [1.54, 1.807) is 11.0 Å². The molecule has 0 aromatic heterocycles. The number of amides is 2. The van der Waals surface area contributed by atoms with Crippen molar-refractivity contribution in [3.8, 4) is 0 Å². The monoisotopic (exact) mass is 398 g/mol. The molecule has 24 heavy (non-hydrogen) atoms. The highest BCUT2D eigenvalue weighted by molar-refractivity contribution is 9.10. The third-order valence-corrected chi connectivity index (χ3v) is 4.79. The van der Waals surface area contributed by atoms with Gasteiger partial charge in [0.15, 0.2) is 6.04 Å². The summed E-state index contributed by atoms with van der Waals surface area (Å²) in [7, 11) is 1.36. The van der Waals surface area contributed by atoms with Crippen molar-refractivity contribution < 1.29 is 24.2 Å². The van der Waals surface area contributed by atoms with E-state index in [1.807, 2.05) is 19.1 Å². The van der Waals surface area contributed by atoms with Crippen molar-refractivity contribution in [2.75, 3.05) is 25.2 Å². The maximum Gasteiger partial charge on any atom is 0.328 e. The number of carbonyl (C=O) groups excluding carboxylic acids is 2. The number of benzene rings is 1. The number of carbonyl (C=O) groups is 3. The van der Waals surface area contributed by atoms with Crippen LogP contribution in [0.25, 0.3) is 0 Å². The van der Waals surface area contributed by atoms with Gasteiger partial charge in [-0.05, 0) is 30.7 Å². The zero-order valence-electron chi connectivity index (χ0n) is 13.4. The summed E-state index contributed by atoms with van der Waals surface area (Å²) < 4.78 is 5.73. The van der Waals surface area contributed by atoms with Crippen molar-refractivity contribution >= 4 is 39.4 Å².